The van der Waals surface area contributed by atoms with Crippen LogP contribution in [0.25, 0.3) is 0 Å². The van der Waals surface area contributed by atoms with Crippen LogP contribution in [-0.4, -0.2) is 5.11 Å². The van der Waals surface area contributed by atoms with E-state index in [4.69, 9.17) is 10.7 Å². The number of phenols is 1. The van der Waals surface area contributed by atoms with Crippen molar-refractivity contribution in [2.45, 2.75) is 19.4 Å². The summed E-state index contributed by atoms with van der Waals surface area (Å²) in [5.41, 5.74) is -0.0298. The first kappa shape index (κ1) is 10.5. The van der Waals surface area contributed by atoms with E-state index in [-0.39, 0.29) is 5.75 Å². The standard InChI is InChI=1S/C9H12BrNO2/c1-9(2,13-11)6-4-3-5-7(10)8(6)12/h3-5,12H,11H2,1-2H3. The average molecular weight is 246 g/mol. The van der Waals surface area contributed by atoms with Gasteiger partial charge < -0.3 is 5.11 Å². The fraction of sp³-hybridized carbons (Fsp3) is 0.333. The van der Waals surface area contributed by atoms with Crippen LogP contribution in [0.2, 0.25) is 0 Å². The average Bonchev–Trinajstić information content (AvgIpc) is 2.09. The fourth-order valence-electron chi connectivity index (χ4n) is 1.06. The number of hydrogen-bond donors (Lipinski definition) is 2. The number of benzene rings is 1. The van der Waals surface area contributed by atoms with Gasteiger partial charge >= 0.3 is 0 Å². The third-order valence-electron chi connectivity index (χ3n) is 1.93. The maximum absolute atomic E-state index is 9.68. The number of aromatic hydroxyl groups is 1. The van der Waals surface area contributed by atoms with E-state index in [1.165, 1.54) is 0 Å². The first-order chi connectivity index (χ1) is 5.99. The number of phenolic OH excluding ortho intramolecular Hbond substituents is 1. The highest BCUT2D eigenvalue weighted by Gasteiger charge is 2.24. The van der Waals surface area contributed by atoms with Crippen LogP contribution in [0.5, 0.6) is 5.75 Å². The maximum Gasteiger partial charge on any atom is 0.135 e. The van der Waals surface area contributed by atoms with Crippen LogP contribution in [0.3, 0.4) is 0 Å². The van der Waals surface area contributed by atoms with Gasteiger partial charge in [-0.05, 0) is 35.8 Å². The van der Waals surface area contributed by atoms with E-state index in [9.17, 15) is 5.11 Å². The molecule has 1 rings (SSSR count). The molecule has 0 bridgehead atoms. The zero-order valence-electron chi connectivity index (χ0n) is 7.54. The minimum absolute atomic E-state index is 0.165. The third kappa shape index (κ3) is 2.02. The Labute approximate surface area is 85.6 Å². The van der Waals surface area contributed by atoms with Crippen molar-refractivity contribution in [2.24, 2.45) is 5.90 Å². The van der Waals surface area contributed by atoms with Crippen molar-refractivity contribution in [1.82, 2.24) is 0 Å². The Bertz CT molecular complexity index is 312. The second kappa shape index (κ2) is 3.65. The molecule has 0 spiro atoms. The molecule has 1 aromatic carbocycles. The Morgan fingerprint density at radius 3 is 2.62 bits per heavy atom. The van der Waals surface area contributed by atoms with Crippen LogP contribution in [-0.2, 0) is 10.4 Å². The van der Waals surface area contributed by atoms with Crippen LogP contribution >= 0.6 is 15.9 Å². The van der Waals surface area contributed by atoms with Crippen molar-refractivity contribution in [2.75, 3.05) is 0 Å². The molecule has 72 valence electrons. The Morgan fingerprint density at radius 1 is 1.46 bits per heavy atom. The molecule has 3 N–H and O–H groups in total. The van der Waals surface area contributed by atoms with Crippen LogP contribution in [0.4, 0.5) is 0 Å². The molecule has 13 heavy (non-hydrogen) atoms. The first-order valence-corrected chi connectivity index (χ1v) is 4.64. The second-order valence-electron chi connectivity index (χ2n) is 3.26. The number of halogens is 1. The quantitative estimate of drug-likeness (QED) is 0.787. The highest BCUT2D eigenvalue weighted by Crippen LogP contribution is 2.35. The van der Waals surface area contributed by atoms with Crippen molar-refractivity contribution in [3.8, 4) is 5.75 Å². The zero-order valence-corrected chi connectivity index (χ0v) is 9.13. The first-order valence-electron chi connectivity index (χ1n) is 3.85. The van der Waals surface area contributed by atoms with Crippen LogP contribution in [0.15, 0.2) is 22.7 Å². The van der Waals surface area contributed by atoms with E-state index in [2.05, 4.69) is 15.9 Å². The van der Waals surface area contributed by atoms with Crippen molar-refractivity contribution in [3.63, 3.8) is 0 Å². The molecule has 1 aromatic rings. The van der Waals surface area contributed by atoms with E-state index < -0.39 is 5.60 Å². The molecule has 0 aromatic heterocycles. The predicted octanol–water partition coefficient (Wildman–Crippen LogP) is 2.28. The summed E-state index contributed by atoms with van der Waals surface area (Å²) in [5, 5.41) is 9.68. The fourth-order valence-corrected chi connectivity index (χ4v) is 1.43. The zero-order chi connectivity index (χ0) is 10.1. The van der Waals surface area contributed by atoms with E-state index in [1.807, 2.05) is 6.07 Å². The molecule has 0 saturated carbocycles. The van der Waals surface area contributed by atoms with E-state index in [0.717, 1.165) is 0 Å². The van der Waals surface area contributed by atoms with E-state index in [1.54, 1.807) is 26.0 Å². The van der Waals surface area contributed by atoms with Gasteiger partial charge in [0, 0.05) is 5.56 Å². The molecular formula is C9H12BrNO2. The van der Waals surface area contributed by atoms with Gasteiger partial charge in [-0.2, -0.15) is 0 Å². The molecule has 0 heterocycles. The van der Waals surface area contributed by atoms with Gasteiger partial charge in [-0.1, -0.05) is 12.1 Å². The summed E-state index contributed by atoms with van der Waals surface area (Å²) in [6, 6.07) is 5.35. The Balaban J connectivity index is 3.22. The van der Waals surface area contributed by atoms with Gasteiger partial charge in [-0.25, -0.2) is 5.90 Å². The molecule has 0 unspecified atom stereocenters. The molecule has 0 amide bonds. The van der Waals surface area contributed by atoms with Gasteiger partial charge in [-0.15, -0.1) is 0 Å². The van der Waals surface area contributed by atoms with Gasteiger partial charge in [0.1, 0.15) is 11.4 Å². The molecule has 0 aliphatic heterocycles. The SMILES string of the molecule is CC(C)(ON)c1cccc(Br)c1O. The molecule has 0 fully saturated rings. The summed E-state index contributed by atoms with van der Waals surface area (Å²) in [6.07, 6.45) is 0. The Morgan fingerprint density at radius 2 is 2.08 bits per heavy atom. The summed E-state index contributed by atoms with van der Waals surface area (Å²) >= 11 is 3.22. The molecule has 0 aliphatic rings. The largest absolute Gasteiger partial charge is 0.506 e. The maximum atomic E-state index is 9.68. The summed E-state index contributed by atoms with van der Waals surface area (Å²) < 4.78 is 0.634. The lowest BCUT2D eigenvalue weighted by Crippen LogP contribution is -2.25. The topological polar surface area (TPSA) is 55.5 Å². The normalized spacial score (nSPS) is 11.7. The van der Waals surface area contributed by atoms with Crippen LogP contribution in [0.1, 0.15) is 19.4 Å². The molecule has 4 heteroatoms. The van der Waals surface area contributed by atoms with Crippen molar-refractivity contribution in [3.05, 3.63) is 28.2 Å². The van der Waals surface area contributed by atoms with Crippen molar-refractivity contribution < 1.29 is 9.94 Å². The minimum Gasteiger partial charge on any atom is -0.506 e. The molecule has 0 saturated heterocycles. The summed E-state index contributed by atoms with van der Waals surface area (Å²) in [4.78, 5) is 4.78. The summed E-state index contributed by atoms with van der Waals surface area (Å²) in [7, 11) is 0. The number of hydrogen-bond acceptors (Lipinski definition) is 3. The molecule has 0 radical (unpaired) electrons. The lowest BCUT2D eigenvalue weighted by Gasteiger charge is -2.23. The van der Waals surface area contributed by atoms with Crippen molar-refractivity contribution in [1.29, 1.82) is 0 Å². The number of nitrogens with two attached hydrogens (primary N) is 1. The monoisotopic (exact) mass is 245 g/mol. The highest BCUT2D eigenvalue weighted by atomic mass is 79.9. The third-order valence-corrected chi connectivity index (χ3v) is 2.57. The smallest absolute Gasteiger partial charge is 0.135 e. The Hall–Kier alpha value is -0.580. The van der Waals surface area contributed by atoms with Gasteiger partial charge in [0.25, 0.3) is 0 Å². The van der Waals surface area contributed by atoms with Gasteiger partial charge in [-0.3, -0.25) is 4.84 Å². The number of para-hydroxylation sites is 1. The predicted molar refractivity (Wildman–Crippen MR) is 54.1 cm³/mol. The second-order valence-corrected chi connectivity index (χ2v) is 4.12. The molecular weight excluding hydrogens is 234 g/mol. The lowest BCUT2D eigenvalue weighted by molar-refractivity contribution is -0.0251. The van der Waals surface area contributed by atoms with Gasteiger partial charge in [0.05, 0.1) is 4.47 Å². The number of rotatable bonds is 2. The van der Waals surface area contributed by atoms with Gasteiger partial charge in [0.2, 0.25) is 0 Å². The molecule has 3 nitrogen and oxygen atoms in total. The van der Waals surface area contributed by atoms with Crippen LogP contribution in [0, 0.1) is 0 Å². The van der Waals surface area contributed by atoms with E-state index >= 15 is 0 Å². The molecule has 0 atom stereocenters. The Kier molecular flexibility index (Phi) is 2.95. The minimum atomic E-state index is -0.687. The summed E-state index contributed by atoms with van der Waals surface area (Å²) in [6.45, 7) is 3.57. The van der Waals surface area contributed by atoms with Crippen LogP contribution < -0.4 is 5.90 Å². The molecule has 0 aliphatic carbocycles. The summed E-state index contributed by atoms with van der Waals surface area (Å²) in [5.74, 6) is 5.30. The van der Waals surface area contributed by atoms with Crippen molar-refractivity contribution >= 4 is 15.9 Å². The lowest BCUT2D eigenvalue weighted by atomic mass is 9.97. The van der Waals surface area contributed by atoms with E-state index in [0.29, 0.717) is 10.0 Å². The van der Waals surface area contributed by atoms with Gasteiger partial charge in [0.15, 0.2) is 0 Å². The highest BCUT2D eigenvalue weighted by molar-refractivity contribution is 9.10.